The molecule has 168 valence electrons. The minimum Gasteiger partial charge on any atom is -0.497 e. The third-order valence-corrected chi connectivity index (χ3v) is 5.10. The number of methoxy groups -OCH3 is 3. The van der Waals surface area contributed by atoms with E-state index >= 15 is 0 Å². The van der Waals surface area contributed by atoms with Gasteiger partial charge in [-0.15, -0.1) is 0 Å². The average molecular weight is 444 g/mol. The summed E-state index contributed by atoms with van der Waals surface area (Å²) in [7, 11) is 4.78. The molecular formula is C25H24N4O4. The summed E-state index contributed by atoms with van der Waals surface area (Å²) < 4.78 is 17.7. The Morgan fingerprint density at radius 2 is 1.67 bits per heavy atom. The Balaban J connectivity index is 1.73. The van der Waals surface area contributed by atoms with Crippen molar-refractivity contribution in [3.8, 4) is 34.2 Å². The maximum absolute atomic E-state index is 13.2. The third-order valence-electron chi connectivity index (χ3n) is 5.10. The van der Waals surface area contributed by atoms with Crippen LogP contribution < -0.4 is 19.5 Å². The summed E-state index contributed by atoms with van der Waals surface area (Å²) in [6.07, 6.45) is 1.69. The number of carbonyl (C=O) groups is 1. The number of carbonyl (C=O) groups excluding carboxylic acids is 1. The third kappa shape index (κ3) is 4.79. The minimum atomic E-state index is -0.275. The molecule has 0 radical (unpaired) electrons. The van der Waals surface area contributed by atoms with Crippen LogP contribution in [0.2, 0.25) is 0 Å². The number of rotatable bonds is 8. The second kappa shape index (κ2) is 9.86. The van der Waals surface area contributed by atoms with Crippen LogP contribution in [0.15, 0.2) is 72.9 Å². The molecule has 8 nitrogen and oxygen atoms in total. The van der Waals surface area contributed by atoms with Crippen molar-refractivity contribution in [1.29, 1.82) is 0 Å². The van der Waals surface area contributed by atoms with Gasteiger partial charge in [0.25, 0.3) is 5.91 Å². The van der Waals surface area contributed by atoms with Crippen molar-refractivity contribution in [3.05, 3.63) is 84.3 Å². The molecule has 0 spiro atoms. The van der Waals surface area contributed by atoms with Crippen molar-refractivity contribution in [2.75, 3.05) is 21.3 Å². The number of nitrogens with one attached hydrogen (secondary N) is 1. The lowest BCUT2D eigenvalue weighted by Crippen LogP contribution is -2.25. The number of hydrogen-bond acceptors (Lipinski definition) is 6. The normalized spacial score (nSPS) is 10.5. The number of amides is 1. The van der Waals surface area contributed by atoms with E-state index in [9.17, 15) is 4.79 Å². The van der Waals surface area contributed by atoms with Gasteiger partial charge in [0.2, 0.25) is 0 Å². The average Bonchev–Trinajstić information content (AvgIpc) is 3.33. The fourth-order valence-electron chi connectivity index (χ4n) is 3.37. The number of ether oxygens (including phenoxy) is 3. The number of benzene rings is 2. The van der Waals surface area contributed by atoms with E-state index in [0.29, 0.717) is 35.2 Å². The first-order valence-corrected chi connectivity index (χ1v) is 10.3. The van der Waals surface area contributed by atoms with Gasteiger partial charge in [0.1, 0.15) is 22.9 Å². The quantitative estimate of drug-likeness (QED) is 0.444. The highest BCUT2D eigenvalue weighted by Crippen LogP contribution is 2.33. The molecule has 0 bridgehead atoms. The maximum atomic E-state index is 13.2. The molecule has 0 aliphatic heterocycles. The summed E-state index contributed by atoms with van der Waals surface area (Å²) in [5.41, 5.74) is 3.19. The largest absolute Gasteiger partial charge is 0.497 e. The monoisotopic (exact) mass is 444 g/mol. The molecule has 0 aliphatic carbocycles. The molecule has 2 aromatic carbocycles. The van der Waals surface area contributed by atoms with Crippen LogP contribution in [-0.4, -0.2) is 42.0 Å². The second-order valence-corrected chi connectivity index (χ2v) is 7.09. The first-order valence-electron chi connectivity index (χ1n) is 10.3. The Bertz CT molecular complexity index is 1240. The van der Waals surface area contributed by atoms with Gasteiger partial charge in [-0.25, -0.2) is 4.68 Å². The van der Waals surface area contributed by atoms with Crippen LogP contribution in [-0.2, 0) is 6.54 Å². The smallest absolute Gasteiger partial charge is 0.270 e. The second-order valence-electron chi connectivity index (χ2n) is 7.09. The standard InChI is InChI=1S/C25H24N4O4/c1-31-19-9-7-18(8-10-19)29-23(25(30)27-16-17-6-4-5-13-26-17)15-22(28-29)21-12-11-20(32-2)14-24(21)33-3/h4-15H,16H2,1-3H3,(H,27,30). The molecule has 4 aromatic rings. The van der Waals surface area contributed by atoms with Crippen molar-refractivity contribution in [3.63, 3.8) is 0 Å². The highest BCUT2D eigenvalue weighted by molar-refractivity contribution is 5.94. The Labute approximate surface area is 191 Å². The van der Waals surface area contributed by atoms with Crippen molar-refractivity contribution >= 4 is 5.91 Å². The van der Waals surface area contributed by atoms with E-state index in [0.717, 1.165) is 16.9 Å². The van der Waals surface area contributed by atoms with Gasteiger partial charge in [-0.05, 0) is 54.6 Å². The number of pyridine rings is 1. The van der Waals surface area contributed by atoms with Gasteiger partial charge in [-0.2, -0.15) is 5.10 Å². The van der Waals surface area contributed by atoms with Gasteiger partial charge in [0, 0.05) is 17.8 Å². The van der Waals surface area contributed by atoms with Crippen molar-refractivity contribution < 1.29 is 19.0 Å². The first-order chi connectivity index (χ1) is 16.1. The van der Waals surface area contributed by atoms with E-state index in [1.165, 1.54) is 0 Å². The maximum Gasteiger partial charge on any atom is 0.270 e. The fraction of sp³-hybridized carbons (Fsp3) is 0.160. The van der Waals surface area contributed by atoms with Crippen LogP contribution in [0.5, 0.6) is 17.2 Å². The molecule has 33 heavy (non-hydrogen) atoms. The van der Waals surface area contributed by atoms with Crippen molar-refractivity contribution in [1.82, 2.24) is 20.1 Å². The van der Waals surface area contributed by atoms with E-state index in [2.05, 4.69) is 10.3 Å². The summed E-state index contributed by atoms with van der Waals surface area (Å²) in [5.74, 6) is 1.69. The van der Waals surface area contributed by atoms with E-state index < -0.39 is 0 Å². The summed E-state index contributed by atoms with van der Waals surface area (Å²) in [6, 6.07) is 20.1. The Morgan fingerprint density at radius 3 is 2.33 bits per heavy atom. The molecule has 0 fully saturated rings. The Hall–Kier alpha value is -4.33. The Morgan fingerprint density at radius 1 is 0.909 bits per heavy atom. The van der Waals surface area contributed by atoms with E-state index in [-0.39, 0.29) is 5.91 Å². The fourth-order valence-corrected chi connectivity index (χ4v) is 3.37. The number of hydrogen-bond donors (Lipinski definition) is 1. The summed E-state index contributed by atoms with van der Waals surface area (Å²) in [6.45, 7) is 0.300. The van der Waals surface area contributed by atoms with Crippen LogP contribution in [0.25, 0.3) is 16.9 Å². The van der Waals surface area contributed by atoms with Crippen LogP contribution in [0, 0.1) is 0 Å². The van der Waals surface area contributed by atoms with Gasteiger partial charge in [0.05, 0.1) is 44.9 Å². The zero-order valence-electron chi connectivity index (χ0n) is 18.6. The van der Waals surface area contributed by atoms with Crippen LogP contribution >= 0.6 is 0 Å². The zero-order chi connectivity index (χ0) is 23.2. The van der Waals surface area contributed by atoms with Crippen LogP contribution in [0.1, 0.15) is 16.2 Å². The van der Waals surface area contributed by atoms with E-state index in [1.54, 1.807) is 44.3 Å². The lowest BCUT2D eigenvalue weighted by Gasteiger charge is -2.09. The van der Waals surface area contributed by atoms with Crippen LogP contribution in [0.3, 0.4) is 0 Å². The van der Waals surface area contributed by atoms with Gasteiger partial charge in [-0.3, -0.25) is 9.78 Å². The van der Waals surface area contributed by atoms with Gasteiger partial charge >= 0.3 is 0 Å². The molecule has 0 saturated heterocycles. The molecule has 1 amide bonds. The van der Waals surface area contributed by atoms with Gasteiger partial charge in [0.15, 0.2) is 0 Å². The number of aromatic nitrogens is 3. The lowest BCUT2D eigenvalue weighted by molar-refractivity contribution is 0.0942. The summed E-state index contributed by atoms with van der Waals surface area (Å²) in [5, 5.41) is 7.65. The van der Waals surface area contributed by atoms with E-state index in [4.69, 9.17) is 19.3 Å². The van der Waals surface area contributed by atoms with Crippen molar-refractivity contribution in [2.24, 2.45) is 0 Å². The predicted octanol–water partition coefficient (Wildman–Crippen LogP) is 3.89. The molecule has 0 saturated carbocycles. The van der Waals surface area contributed by atoms with Gasteiger partial charge < -0.3 is 19.5 Å². The highest BCUT2D eigenvalue weighted by atomic mass is 16.5. The van der Waals surface area contributed by atoms with Gasteiger partial charge in [-0.1, -0.05) is 6.07 Å². The minimum absolute atomic E-state index is 0.275. The highest BCUT2D eigenvalue weighted by Gasteiger charge is 2.20. The molecule has 2 aromatic heterocycles. The Kier molecular flexibility index (Phi) is 6.54. The molecule has 0 aliphatic rings. The van der Waals surface area contributed by atoms with E-state index in [1.807, 2.05) is 54.6 Å². The molecule has 8 heteroatoms. The first kappa shape index (κ1) is 21.9. The molecule has 1 N–H and O–H groups in total. The molecule has 2 heterocycles. The van der Waals surface area contributed by atoms with Crippen LogP contribution in [0.4, 0.5) is 0 Å². The molecule has 0 unspecified atom stereocenters. The summed E-state index contributed by atoms with van der Waals surface area (Å²) >= 11 is 0. The SMILES string of the molecule is COc1ccc(-n2nc(-c3ccc(OC)cc3OC)cc2C(=O)NCc2ccccn2)cc1. The topological polar surface area (TPSA) is 87.5 Å². The lowest BCUT2D eigenvalue weighted by atomic mass is 10.1. The zero-order valence-corrected chi connectivity index (χ0v) is 18.6. The molecular weight excluding hydrogens is 420 g/mol. The number of nitrogens with zero attached hydrogens (tertiary/aromatic N) is 3. The summed E-state index contributed by atoms with van der Waals surface area (Å²) in [4.78, 5) is 17.4. The molecule has 4 rings (SSSR count). The molecule has 0 atom stereocenters. The predicted molar refractivity (Wildman–Crippen MR) is 124 cm³/mol. The van der Waals surface area contributed by atoms with Crippen molar-refractivity contribution in [2.45, 2.75) is 6.54 Å².